The molecule has 0 spiro atoms. The number of ether oxygens (including phenoxy) is 3. The van der Waals surface area contributed by atoms with E-state index in [0.717, 1.165) is 5.56 Å². The predicted molar refractivity (Wildman–Crippen MR) is 132 cm³/mol. The van der Waals surface area contributed by atoms with E-state index >= 15 is 0 Å². The molecule has 0 aliphatic carbocycles. The molecule has 6 nitrogen and oxygen atoms in total. The normalized spacial score (nSPS) is 13.8. The summed E-state index contributed by atoms with van der Waals surface area (Å²) in [5, 5.41) is 0.863. The maximum atomic E-state index is 14.1. The summed E-state index contributed by atoms with van der Waals surface area (Å²) >= 11 is 12.2. The third-order valence-corrected chi connectivity index (χ3v) is 6.40. The van der Waals surface area contributed by atoms with Gasteiger partial charge in [-0.25, -0.2) is 0 Å². The lowest BCUT2D eigenvalue weighted by Crippen LogP contribution is -2.32. The fourth-order valence-electron chi connectivity index (χ4n) is 4.03. The Hall–Kier alpha value is -3.40. The quantitative estimate of drug-likeness (QED) is 0.260. The van der Waals surface area contributed by atoms with Gasteiger partial charge in [0.15, 0.2) is 0 Å². The van der Waals surface area contributed by atoms with Gasteiger partial charge in [0, 0.05) is 23.1 Å². The Balaban J connectivity index is 1.56. The smallest absolute Gasteiger partial charge is 0.453 e. The van der Waals surface area contributed by atoms with E-state index in [9.17, 15) is 18.0 Å². The molecule has 0 bridgehead atoms. The molecule has 0 atom stereocenters. The standard InChI is InChI=1S/C26H18Cl2F3NO5/c1-34-16-4-6-17(7-5-16)36-24-22(33)18-8-9-21-19(23(18)37-25(24)26(29,30)31)12-32(13-35-21)11-14-2-3-15(27)10-20(14)28/h2-10H,11-13H2,1H3. The van der Waals surface area contributed by atoms with Gasteiger partial charge in [-0.15, -0.1) is 0 Å². The number of benzene rings is 3. The van der Waals surface area contributed by atoms with Gasteiger partial charge >= 0.3 is 6.18 Å². The Kier molecular flexibility index (Phi) is 6.70. The second kappa shape index (κ2) is 9.81. The van der Waals surface area contributed by atoms with Crippen molar-refractivity contribution in [1.29, 1.82) is 0 Å². The molecule has 0 saturated heterocycles. The number of rotatable bonds is 5. The first-order valence-corrected chi connectivity index (χ1v) is 11.7. The Labute approximate surface area is 218 Å². The summed E-state index contributed by atoms with van der Waals surface area (Å²) in [6, 6.07) is 13.7. The van der Waals surface area contributed by atoms with Gasteiger partial charge in [-0.2, -0.15) is 13.2 Å². The van der Waals surface area contributed by atoms with Crippen molar-refractivity contribution in [2.75, 3.05) is 13.8 Å². The molecule has 2 heterocycles. The second-order valence-electron chi connectivity index (χ2n) is 8.28. The summed E-state index contributed by atoms with van der Waals surface area (Å²) in [6.45, 7) is 0.651. The van der Waals surface area contributed by atoms with Gasteiger partial charge in [0.2, 0.25) is 11.2 Å². The van der Waals surface area contributed by atoms with Gasteiger partial charge in [0.1, 0.15) is 29.6 Å². The maximum Gasteiger partial charge on any atom is 0.453 e. The molecule has 0 unspecified atom stereocenters. The van der Waals surface area contributed by atoms with E-state index < -0.39 is 23.1 Å². The lowest BCUT2D eigenvalue weighted by Gasteiger charge is -2.29. The Morgan fingerprint density at radius 3 is 2.43 bits per heavy atom. The number of halogens is 5. The summed E-state index contributed by atoms with van der Waals surface area (Å²) in [7, 11) is 1.45. The molecular weight excluding hydrogens is 534 g/mol. The first kappa shape index (κ1) is 25.3. The van der Waals surface area contributed by atoms with E-state index in [0.29, 0.717) is 33.7 Å². The summed E-state index contributed by atoms with van der Waals surface area (Å²) in [6.07, 6.45) is -5.00. The Bertz CT molecular complexity index is 1540. The minimum atomic E-state index is -5.00. The molecule has 0 radical (unpaired) electrons. The van der Waals surface area contributed by atoms with Crippen LogP contribution in [0.15, 0.2) is 63.8 Å². The zero-order valence-corrected chi connectivity index (χ0v) is 20.7. The van der Waals surface area contributed by atoms with Crippen LogP contribution in [0.1, 0.15) is 16.9 Å². The highest BCUT2D eigenvalue weighted by Crippen LogP contribution is 2.41. The largest absolute Gasteiger partial charge is 0.497 e. The third kappa shape index (κ3) is 5.07. The zero-order valence-electron chi connectivity index (χ0n) is 19.2. The van der Waals surface area contributed by atoms with Crippen LogP contribution in [0.5, 0.6) is 23.0 Å². The molecule has 3 aromatic carbocycles. The first-order valence-electron chi connectivity index (χ1n) is 10.9. The van der Waals surface area contributed by atoms with E-state index in [-0.39, 0.29) is 30.0 Å². The number of hydrogen-bond acceptors (Lipinski definition) is 6. The van der Waals surface area contributed by atoms with Crippen molar-refractivity contribution in [3.63, 3.8) is 0 Å². The second-order valence-corrected chi connectivity index (χ2v) is 9.12. The lowest BCUT2D eigenvalue weighted by atomic mass is 10.1. The van der Waals surface area contributed by atoms with Crippen molar-refractivity contribution in [3.8, 4) is 23.0 Å². The van der Waals surface area contributed by atoms with E-state index in [1.807, 2.05) is 4.90 Å². The SMILES string of the molecule is COc1ccc(Oc2c(C(F)(F)F)oc3c4c(ccc3c2=O)OCN(Cc2ccc(Cl)cc2Cl)C4)cc1. The molecule has 0 amide bonds. The van der Waals surface area contributed by atoms with Crippen LogP contribution in [0, 0.1) is 0 Å². The van der Waals surface area contributed by atoms with Gasteiger partial charge < -0.3 is 18.6 Å². The van der Waals surface area contributed by atoms with Crippen molar-refractivity contribution in [2.45, 2.75) is 19.3 Å². The average Bonchev–Trinajstić information content (AvgIpc) is 2.86. The highest BCUT2D eigenvalue weighted by Gasteiger charge is 2.41. The summed E-state index contributed by atoms with van der Waals surface area (Å²) < 4.78 is 63.7. The van der Waals surface area contributed by atoms with Gasteiger partial charge in [-0.05, 0) is 54.1 Å². The molecule has 4 aromatic rings. The Morgan fingerprint density at radius 1 is 1.03 bits per heavy atom. The van der Waals surface area contributed by atoms with Crippen LogP contribution >= 0.6 is 23.2 Å². The molecule has 0 N–H and O–H groups in total. The summed E-state index contributed by atoms with van der Waals surface area (Å²) in [4.78, 5) is 15.1. The fraction of sp³-hybridized carbons (Fsp3) is 0.192. The van der Waals surface area contributed by atoms with Crippen LogP contribution in [0.4, 0.5) is 13.2 Å². The van der Waals surface area contributed by atoms with E-state index in [4.69, 9.17) is 41.8 Å². The molecule has 5 rings (SSSR count). The molecule has 1 aliphatic heterocycles. The predicted octanol–water partition coefficient (Wildman–Crippen LogP) is 7.27. The topological polar surface area (TPSA) is 61.1 Å². The maximum absolute atomic E-state index is 14.1. The highest BCUT2D eigenvalue weighted by atomic mass is 35.5. The van der Waals surface area contributed by atoms with Crippen LogP contribution < -0.4 is 19.6 Å². The van der Waals surface area contributed by atoms with E-state index in [2.05, 4.69) is 0 Å². The van der Waals surface area contributed by atoms with E-state index in [1.165, 1.54) is 43.5 Å². The molecule has 11 heteroatoms. The fourth-order valence-corrected chi connectivity index (χ4v) is 4.50. The van der Waals surface area contributed by atoms with Crippen molar-refractivity contribution in [2.24, 2.45) is 0 Å². The van der Waals surface area contributed by atoms with Crippen LogP contribution in [-0.2, 0) is 19.3 Å². The molecular formula is C26H18Cl2F3NO5. The average molecular weight is 552 g/mol. The van der Waals surface area contributed by atoms with E-state index in [1.54, 1.807) is 18.2 Å². The number of nitrogens with zero attached hydrogens (tertiary/aromatic N) is 1. The van der Waals surface area contributed by atoms with Crippen molar-refractivity contribution < 1.29 is 31.8 Å². The molecule has 0 saturated carbocycles. The monoisotopic (exact) mass is 551 g/mol. The van der Waals surface area contributed by atoms with Crippen LogP contribution in [0.2, 0.25) is 10.0 Å². The first-order chi connectivity index (χ1) is 17.6. The molecule has 1 aromatic heterocycles. The summed E-state index contributed by atoms with van der Waals surface area (Å²) in [5.74, 6) is -1.67. The van der Waals surface area contributed by atoms with Gasteiger partial charge in [0.25, 0.3) is 5.76 Å². The molecule has 1 aliphatic rings. The molecule has 0 fully saturated rings. The minimum Gasteiger partial charge on any atom is -0.497 e. The van der Waals surface area contributed by atoms with Gasteiger partial charge in [0.05, 0.1) is 18.1 Å². The van der Waals surface area contributed by atoms with Gasteiger partial charge in [-0.3, -0.25) is 9.69 Å². The minimum absolute atomic E-state index is 0.0188. The number of hydrogen-bond donors (Lipinski definition) is 0. The highest BCUT2D eigenvalue weighted by molar-refractivity contribution is 6.35. The Morgan fingerprint density at radius 2 is 1.76 bits per heavy atom. The van der Waals surface area contributed by atoms with Crippen molar-refractivity contribution >= 4 is 34.2 Å². The number of fused-ring (bicyclic) bond motifs is 3. The molecule has 37 heavy (non-hydrogen) atoms. The number of methoxy groups -OCH3 is 1. The number of alkyl halides is 3. The summed E-state index contributed by atoms with van der Waals surface area (Å²) in [5.41, 5.74) is -0.104. The third-order valence-electron chi connectivity index (χ3n) is 5.81. The van der Waals surface area contributed by atoms with Crippen molar-refractivity contribution in [3.05, 3.63) is 91.8 Å². The van der Waals surface area contributed by atoms with Crippen LogP contribution in [0.3, 0.4) is 0 Å². The van der Waals surface area contributed by atoms with Gasteiger partial charge in [-0.1, -0.05) is 29.3 Å². The zero-order chi connectivity index (χ0) is 26.3. The van der Waals surface area contributed by atoms with Crippen molar-refractivity contribution in [1.82, 2.24) is 4.90 Å². The lowest BCUT2D eigenvalue weighted by molar-refractivity contribution is -0.154. The van der Waals surface area contributed by atoms with Crippen LogP contribution in [0.25, 0.3) is 11.0 Å². The van der Waals surface area contributed by atoms with Crippen LogP contribution in [-0.4, -0.2) is 18.7 Å². The molecule has 192 valence electrons.